The van der Waals surface area contributed by atoms with Gasteiger partial charge < -0.3 is 10.2 Å². The molecule has 2 aliphatic heterocycles. The monoisotopic (exact) mass is 337 g/mol. The zero-order valence-electron chi connectivity index (χ0n) is 13.3. The summed E-state index contributed by atoms with van der Waals surface area (Å²) in [7, 11) is 1.47. The van der Waals surface area contributed by atoms with Crippen molar-refractivity contribution in [1.82, 2.24) is 20.1 Å². The summed E-state index contributed by atoms with van der Waals surface area (Å²) >= 11 is 1.44. The molecular formula is C14H19N5O3S. The third-order valence-electron chi connectivity index (χ3n) is 4.51. The molecule has 9 heteroatoms. The van der Waals surface area contributed by atoms with Crippen LogP contribution in [0.1, 0.15) is 23.4 Å². The van der Waals surface area contributed by atoms with Gasteiger partial charge in [0.05, 0.1) is 5.69 Å². The molecule has 0 aliphatic carbocycles. The predicted molar refractivity (Wildman–Crippen MR) is 85.4 cm³/mol. The lowest BCUT2D eigenvalue weighted by Crippen LogP contribution is -2.56. The van der Waals surface area contributed by atoms with Crippen LogP contribution in [0.2, 0.25) is 0 Å². The third-order valence-corrected chi connectivity index (χ3v) is 5.50. The highest BCUT2D eigenvalue weighted by atomic mass is 32.1. The number of hydrogen-bond acceptors (Lipinski definition) is 5. The van der Waals surface area contributed by atoms with E-state index in [9.17, 15) is 14.4 Å². The van der Waals surface area contributed by atoms with E-state index in [1.54, 1.807) is 4.90 Å². The molecule has 23 heavy (non-hydrogen) atoms. The van der Waals surface area contributed by atoms with Crippen molar-refractivity contribution in [3.8, 4) is 0 Å². The zero-order chi connectivity index (χ0) is 16.8. The Balaban J connectivity index is 1.62. The van der Waals surface area contributed by atoms with Gasteiger partial charge in [0, 0.05) is 25.0 Å². The number of nitrogens with zero attached hydrogens (tertiary/aromatic N) is 3. The molecule has 0 radical (unpaired) electrons. The standard InChI is InChI=1S/C14H19N5O3S/c1-8-9(2)23-11(15-8)16-12(21)19-6-4-14(5-7-19)10(20)18(3)13(22)17-14/h4-7H2,1-3H3,(H,17,22)(H,15,16,21). The van der Waals surface area contributed by atoms with E-state index in [2.05, 4.69) is 15.6 Å². The van der Waals surface area contributed by atoms with Crippen molar-refractivity contribution < 1.29 is 14.4 Å². The first kappa shape index (κ1) is 15.7. The van der Waals surface area contributed by atoms with Crippen LogP contribution in [0, 0.1) is 13.8 Å². The second-order valence-electron chi connectivity index (χ2n) is 5.95. The zero-order valence-corrected chi connectivity index (χ0v) is 14.1. The van der Waals surface area contributed by atoms with Crippen LogP contribution in [0.3, 0.4) is 0 Å². The van der Waals surface area contributed by atoms with E-state index in [0.717, 1.165) is 15.5 Å². The van der Waals surface area contributed by atoms with Crippen LogP contribution in [0.15, 0.2) is 0 Å². The number of thiazole rings is 1. The minimum Gasteiger partial charge on any atom is -0.324 e. The predicted octanol–water partition coefficient (Wildman–Crippen LogP) is 1.31. The second kappa shape index (κ2) is 5.48. The Morgan fingerprint density at radius 2 is 1.96 bits per heavy atom. The molecular weight excluding hydrogens is 318 g/mol. The molecule has 3 rings (SSSR count). The molecule has 0 unspecified atom stereocenters. The number of anilines is 1. The smallest absolute Gasteiger partial charge is 0.324 e. The highest BCUT2D eigenvalue weighted by Crippen LogP contribution is 2.29. The lowest BCUT2D eigenvalue weighted by atomic mass is 9.87. The van der Waals surface area contributed by atoms with Gasteiger partial charge in [-0.15, -0.1) is 11.3 Å². The Kier molecular flexibility index (Phi) is 3.75. The van der Waals surface area contributed by atoms with Gasteiger partial charge in [0.2, 0.25) is 0 Å². The first-order chi connectivity index (χ1) is 10.8. The van der Waals surface area contributed by atoms with Crippen molar-refractivity contribution in [3.63, 3.8) is 0 Å². The van der Waals surface area contributed by atoms with Gasteiger partial charge >= 0.3 is 12.1 Å². The van der Waals surface area contributed by atoms with Crippen molar-refractivity contribution in [3.05, 3.63) is 10.6 Å². The number of imide groups is 1. The number of rotatable bonds is 1. The van der Waals surface area contributed by atoms with Gasteiger partial charge in [0.15, 0.2) is 5.13 Å². The summed E-state index contributed by atoms with van der Waals surface area (Å²) in [5, 5.41) is 6.13. The van der Waals surface area contributed by atoms with Crippen LogP contribution in [0.4, 0.5) is 14.7 Å². The molecule has 124 valence electrons. The Hall–Kier alpha value is -2.16. The molecule has 1 aromatic rings. The van der Waals surface area contributed by atoms with Crippen LogP contribution < -0.4 is 10.6 Å². The second-order valence-corrected chi connectivity index (χ2v) is 7.16. The number of carbonyl (C=O) groups is 3. The molecule has 5 amide bonds. The molecule has 2 N–H and O–H groups in total. The van der Waals surface area contributed by atoms with Gasteiger partial charge in [0.25, 0.3) is 5.91 Å². The van der Waals surface area contributed by atoms with Gasteiger partial charge in [-0.25, -0.2) is 14.6 Å². The fourth-order valence-electron chi connectivity index (χ4n) is 2.88. The molecule has 2 aliphatic rings. The van der Waals surface area contributed by atoms with Gasteiger partial charge in [-0.05, 0) is 26.7 Å². The lowest BCUT2D eigenvalue weighted by molar-refractivity contribution is -0.131. The van der Waals surface area contributed by atoms with Crippen molar-refractivity contribution in [2.45, 2.75) is 32.2 Å². The molecule has 1 aromatic heterocycles. The van der Waals surface area contributed by atoms with Gasteiger partial charge in [-0.2, -0.15) is 0 Å². The van der Waals surface area contributed by atoms with Crippen LogP contribution >= 0.6 is 11.3 Å². The lowest BCUT2D eigenvalue weighted by Gasteiger charge is -2.36. The molecule has 3 heterocycles. The molecule has 2 fully saturated rings. The van der Waals surface area contributed by atoms with E-state index < -0.39 is 5.54 Å². The summed E-state index contributed by atoms with van der Waals surface area (Å²) in [5.41, 5.74) is 0.0574. The third kappa shape index (κ3) is 2.65. The van der Waals surface area contributed by atoms with E-state index in [1.807, 2.05) is 13.8 Å². The van der Waals surface area contributed by atoms with Crippen LogP contribution in [0.25, 0.3) is 0 Å². The Morgan fingerprint density at radius 3 is 2.43 bits per heavy atom. The van der Waals surface area contributed by atoms with Gasteiger partial charge in [0.1, 0.15) is 5.54 Å². The average molecular weight is 337 g/mol. The summed E-state index contributed by atoms with van der Waals surface area (Å²) in [5.74, 6) is -0.214. The first-order valence-corrected chi connectivity index (χ1v) is 8.24. The number of carbonyl (C=O) groups excluding carboxylic acids is 3. The highest BCUT2D eigenvalue weighted by Gasteiger charge is 2.51. The molecule has 0 aromatic carbocycles. The summed E-state index contributed by atoms with van der Waals surface area (Å²) < 4.78 is 0. The summed E-state index contributed by atoms with van der Waals surface area (Å²) in [6, 6.07) is -0.597. The number of urea groups is 2. The van der Waals surface area contributed by atoms with E-state index in [-0.39, 0.29) is 18.0 Å². The number of aromatic nitrogens is 1. The van der Waals surface area contributed by atoms with E-state index in [4.69, 9.17) is 0 Å². The quantitative estimate of drug-likeness (QED) is 0.755. The van der Waals surface area contributed by atoms with Gasteiger partial charge in [-0.3, -0.25) is 15.0 Å². The van der Waals surface area contributed by atoms with Gasteiger partial charge in [-0.1, -0.05) is 0 Å². The number of aryl methyl sites for hydroxylation is 2. The molecule has 2 saturated heterocycles. The van der Waals surface area contributed by atoms with E-state index >= 15 is 0 Å². The maximum absolute atomic E-state index is 12.3. The fourth-order valence-corrected chi connectivity index (χ4v) is 3.69. The van der Waals surface area contributed by atoms with Crippen molar-refractivity contribution in [1.29, 1.82) is 0 Å². The largest absolute Gasteiger partial charge is 0.324 e. The molecule has 1 spiro atoms. The Labute approximate surface area is 137 Å². The van der Waals surface area contributed by atoms with Crippen LogP contribution in [-0.2, 0) is 4.79 Å². The number of nitrogens with one attached hydrogen (secondary N) is 2. The number of likely N-dealkylation sites (N-methyl/N-ethyl adjacent to an activating group) is 1. The highest BCUT2D eigenvalue weighted by molar-refractivity contribution is 7.15. The first-order valence-electron chi connectivity index (χ1n) is 7.43. The minimum absolute atomic E-state index is 0.214. The average Bonchev–Trinajstić information content (AvgIpc) is 2.93. The van der Waals surface area contributed by atoms with Crippen LogP contribution in [-0.4, -0.2) is 58.4 Å². The number of piperidine rings is 1. The molecule has 0 bridgehead atoms. The molecule has 0 saturated carbocycles. The number of amides is 5. The number of hydrogen-bond donors (Lipinski definition) is 2. The Bertz CT molecular complexity index is 658. The minimum atomic E-state index is -0.850. The maximum atomic E-state index is 12.3. The maximum Gasteiger partial charge on any atom is 0.324 e. The number of likely N-dealkylation sites (tertiary alicyclic amines) is 1. The van der Waals surface area contributed by atoms with Crippen LogP contribution in [0.5, 0.6) is 0 Å². The molecule has 8 nitrogen and oxygen atoms in total. The topological polar surface area (TPSA) is 94.6 Å². The summed E-state index contributed by atoms with van der Waals surface area (Å²) in [6.07, 6.45) is 0.844. The van der Waals surface area contributed by atoms with E-state index in [0.29, 0.717) is 31.1 Å². The van der Waals surface area contributed by atoms with Crippen molar-refractivity contribution >= 4 is 34.4 Å². The van der Waals surface area contributed by atoms with Crippen molar-refractivity contribution in [2.75, 3.05) is 25.5 Å². The normalized spacial score (nSPS) is 20.1. The fraction of sp³-hybridized carbons (Fsp3) is 0.571. The van der Waals surface area contributed by atoms with E-state index in [1.165, 1.54) is 18.4 Å². The summed E-state index contributed by atoms with van der Waals surface area (Å²) in [6.45, 7) is 4.68. The van der Waals surface area contributed by atoms with Crippen molar-refractivity contribution in [2.24, 2.45) is 0 Å². The molecule has 0 atom stereocenters. The summed E-state index contributed by atoms with van der Waals surface area (Å²) in [4.78, 5) is 44.3. The SMILES string of the molecule is Cc1nc(NC(=O)N2CCC3(CC2)NC(=O)N(C)C3=O)sc1C. The Morgan fingerprint density at radius 1 is 1.30 bits per heavy atom.